The first-order valence-corrected chi connectivity index (χ1v) is 16.8. The Balaban J connectivity index is 0.00000380. The van der Waals surface area contributed by atoms with Crippen molar-refractivity contribution in [2.45, 2.75) is 41.8 Å². The highest BCUT2D eigenvalue weighted by molar-refractivity contribution is 7.91. The molecular formula is C23H31ClN4O5S4. The van der Waals surface area contributed by atoms with Gasteiger partial charge in [0.25, 0.3) is 10.0 Å². The monoisotopic (exact) mass is 606 g/mol. The van der Waals surface area contributed by atoms with Gasteiger partial charge in [-0.15, -0.1) is 23.7 Å². The summed E-state index contributed by atoms with van der Waals surface area (Å²) in [6.45, 7) is 6.86. The van der Waals surface area contributed by atoms with Crippen molar-refractivity contribution in [3.05, 3.63) is 35.7 Å². The number of likely N-dealkylation sites (N-methyl/N-ethyl adjacent to an activating group) is 1. The Bertz CT molecular complexity index is 1440. The number of aromatic nitrogens is 1. The van der Waals surface area contributed by atoms with E-state index in [4.69, 9.17) is 0 Å². The highest BCUT2D eigenvalue weighted by Crippen LogP contribution is 2.35. The van der Waals surface area contributed by atoms with Crippen molar-refractivity contribution < 1.29 is 21.6 Å². The van der Waals surface area contributed by atoms with Crippen molar-refractivity contribution in [3.63, 3.8) is 0 Å². The Morgan fingerprint density at radius 3 is 2.46 bits per heavy atom. The molecule has 1 atom stereocenters. The Labute approximate surface area is 232 Å². The number of thiophene rings is 1. The molecule has 14 heteroatoms. The number of sulfonamides is 1. The maximum atomic E-state index is 14.0. The van der Waals surface area contributed by atoms with Gasteiger partial charge in [0.1, 0.15) is 15.8 Å². The second kappa shape index (κ2) is 12.1. The van der Waals surface area contributed by atoms with Crippen molar-refractivity contribution >= 4 is 76.2 Å². The lowest BCUT2D eigenvalue weighted by Crippen LogP contribution is -2.49. The van der Waals surface area contributed by atoms with Gasteiger partial charge in [-0.3, -0.25) is 9.69 Å². The summed E-state index contributed by atoms with van der Waals surface area (Å²) in [6.07, 6.45) is 2.14. The zero-order valence-corrected chi connectivity index (χ0v) is 24.9. The summed E-state index contributed by atoms with van der Waals surface area (Å²) >= 11 is 2.38. The Morgan fingerprint density at radius 1 is 1.11 bits per heavy atom. The molecule has 1 aromatic carbocycles. The van der Waals surface area contributed by atoms with Gasteiger partial charge in [0.15, 0.2) is 15.0 Å². The van der Waals surface area contributed by atoms with Crippen molar-refractivity contribution in [2.24, 2.45) is 0 Å². The van der Waals surface area contributed by atoms with E-state index in [0.29, 0.717) is 41.3 Å². The van der Waals surface area contributed by atoms with E-state index in [1.807, 2.05) is 13.8 Å². The molecule has 1 unspecified atom stereocenters. The van der Waals surface area contributed by atoms with Gasteiger partial charge in [0.2, 0.25) is 5.91 Å². The zero-order valence-electron chi connectivity index (χ0n) is 20.9. The van der Waals surface area contributed by atoms with Gasteiger partial charge in [-0.25, -0.2) is 21.8 Å². The average Bonchev–Trinajstić information content (AvgIpc) is 3.61. The average molecular weight is 607 g/mol. The van der Waals surface area contributed by atoms with Gasteiger partial charge in [-0.1, -0.05) is 37.3 Å². The fourth-order valence-corrected chi connectivity index (χ4v) is 9.08. The second-order valence-electron chi connectivity index (χ2n) is 8.59. The van der Waals surface area contributed by atoms with E-state index < -0.39 is 25.9 Å². The largest absolute Gasteiger partial charge is 0.302 e. The summed E-state index contributed by atoms with van der Waals surface area (Å²) < 4.78 is 53.4. The van der Waals surface area contributed by atoms with Crippen LogP contribution >= 0.6 is 35.1 Å². The molecule has 1 amide bonds. The lowest BCUT2D eigenvalue weighted by Gasteiger charge is -2.29. The first-order chi connectivity index (χ1) is 17.1. The molecule has 0 bridgehead atoms. The molecule has 2 aromatic heterocycles. The normalized spacial score (nSPS) is 16.8. The molecular weight excluding hydrogens is 576 g/mol. The highest BCUT2D eigenvalue weighted by Gasteiger charge is 2.42. The summed E-state index contributed by atoms with van der Waals surface area (Å²) in [4.78, 5) is 22.4. The van der Waals surface area contributed by atoms with Crippen LogP contribution in [0.15, 0.2) is 44.8 Å². The molecule has 4 rings (SSSR count). The lowest BCUT2D eigenvalue weighted by atomic mass is 10.2. The zero-order chi connectivity index (χ0) is 26.1. The van der Waals surface area contributed by atoms with E-state index in [9.17, 15) is 21.6 Å². The first kappa shape index (κ1) is 29.9. The number of carbonyl (C=O) groups is 1. The van der Waals surface area contributed by atoms with Crippen LogP contribution in [0.3, 0.4) is 0 Å². The van der Waals surface area contributed by atoms with E-state index in [1.165, 1.54) is 21.7 Å². The number of nitrogens with zero attached hydrogens (tertiary/aromatic N) is 4. The molecule has 0 N–H and O–H groups in total. The van der Waals surface area contributed by atoms with Crippen LogP contribution in [0.25, 0.3) is 10.2 Å². The minimum Gasteiger partial charge on any atom is -0.302 e. The van der Waals surface area contributed by atoms with E-state index >= 15 is 0 Å². The number of thiazole rings is 1. The molecule has 1 saturated heterocycles. The van der Waals surface area contributed by atoms with E-state index in [1.54, 1.807) is 34.5 Å². The molecule has 3 aromatic rings. The molecule has 1 fully saturated rings. The van der Waals surface area contributed by atoms with Gasteiger partial charge in [0.05, 0.1) is 9.60 Å². The molecule has 0 aliphatic carbocycles. The van der Waals surface area contributed by atoms with Crippen LogP contribution in [-0.4, -0.2) is 82.0 Å². The molecule has 9 nitrogen and oxygen atoms in total. The number of benzene rings is 1. The number of sulfone groups is 1. The van der Waals surface area contributed by atoms with Crippen molar-refractivity contribution in [1.82, 2.24) is 14.2 Å². The topological polar surface area (TPSA) is 108 Å². The van der Waals surface area contributed by atoms with Crippen LogP contribution in [0.1, 0.15) is 26.7 Å². The first-order valence-electron chi connectivity index (χ1n) is 11.8. The lowest BCUT2D eigenvalue weighted by molar-refractivity contribution is -0.121. The third kappa shape index (κ3) is 6.18. The molecule has 0 spiro atoms. The van der Waals surface area contributed by atoms with Crippen LogP contribution in [0.2, 0.25) is 0 Å². The molecule has 1 aliphatic rings. The third-order valence-corrected chi connectivity index (χ3v) is 11.8. The number of hydrogen-bond acceptors (Lipinski definition) is 9. The number of carbonyl (C=O) groups excluding carboxylic acids is 1. The molecule has 3 heterocycles. The van der Waals surface area contributed by atoms with Gasteiger partial charge in [0, 0.05) is 25.9 Å². The minimum absolute atomic E-state index is 0. The van der Waals surface area contributed by atoms with E-state index in [0.717, 1.165) is 30.7 Å². The van der Waals surface area contributed by atoms with Crippen LogP contribution in [0.4, 0.5) is 5.13 Å². The van der Waals surface area contributed by atoms with Crippen molar-refractivity contribution in [1.29, 1.82) is 0 Å². The number of amides is 1. The standard InChI is InChI=1S/C23H30N4O5S4.ClH/c1-4-25(5-2)14-15-26(23-24-21-18(34-23)10-6-11-19(21)35(3,29)30)22(28)17-9-7-13-27(17)36(31,32)20-12-8-16-33-20;/h6,8,10-12,16-17H,4-5,7,9,13-15H2,1-3H3;1H. The number of rotatable bonds is 10. The van der Waals surface area contributed by atoms with Gasteiger partial charge in [-0.2, -0.15) is 4.31 Å². The summed E-state index contributed by atoms with van der Waals surface area (Å²) in [6, 6.07) is 7.35. The van der Waals surface area contributed by atoms with Crippen LogP contribution < -0.4 is 4.90 Å². The Morgan fingerprint density at radius 2 is 1.84 bits per heavy atom. The number of halogens is 1. The number of para-hydroxylation sites is 1. The van der Waals surface area contributed by atoms with E-state index in [2.05, 4.69) is 9.88 Å². The van der Waals surface area contributed by atoms with Gasteiger partial charge >= 0.3 is 0 Å². The Kier molecular flexibility index (Phi) is 9.76. The fourth-order valence-electron chi connectivity index (χ4n) is 4.39. The molecule has 1 aliphatic heterocycles. The maximum Gasteiger partial charge on any atom is 0.253 e. The smallest absolute Gasteiger partial charge is 0.253 e. The molecule has 37 heavy (non-hydrogen) atoms. The number of fused-ring (bicyclic) bond motifs is 1. The van der Waals surface area contributed by atoms with Gasteiger partial charge in [-0.05, 0) is 49.5 Å². The summed E-state index contributed by atoms with van der Waals surface area (Å²) in [5.74, 6) is -0.334. The highest BCUT2D eigenvalue weighted by atomic mass is 35.5. The quantitative estimate of drug-likeness (QED) is 0.346. The predicted octanol–water partition coefficient (Wildman–Crippen LogP) is 3.71. The maximum absolute atomic E-state index is 14.0. The predicted molar refractivity (Wildman–Crippen MR) is 151 cm³/mol. The number of hydrogen-bond donors (Lipinski definition) is 0. The minimum atomic E-state index is -3.80. The SMILES string of the molecule is CCN(CC)CCN(C(=O)C1CCCN1S(=O)(=O)c1cccs1)c1nc2c(S(C)(=O)=O)cccc2s1.Cl. The molecule has 204 valence electrons. The third-order valence-electron chi connectivity index (χ3n) is 6.35. The second-order valence-corrected chi connectivity index (χ2v) is 14.7. The van der Waals surface area contributed by atoms with Crippen molar-refractivity contribution in [2.75, 3.05) is 43.9 Å². The van der Waals surface area contributed by atoms with Gasteiger partial charge < -0.3 is 4.90 Å². The fraction of sp³-hybridized carbons (Fsp3) is 0.478. The number of anilines is 1. The Hall–Kier alpha value is -1.61. The molecule has 0 saturated carbocycles. The van der Waals surface area contributed by atoms with Crippen molar-refractivity contribution in [3.8, 4) is 0 Å². The van der Waals surface area contributed by atoms with E-state index in [-0.39, 0.29) is 34.0 Å². The summed E-state index contributed by atoms with van der Waals surface area (Å²) in [5.41, 5.74) is 0.329. The van der Waals surface area contributed by atoms with Crippen LogP contribution in [0, 0.1) is 0 Å². The van der Waals surface area contributed by atoms with Crippen LogP contribution in [0.5, 0.6) is 0 Å². The summed E-state index contributed by atoms with van der Waals surface area (Å²) in [5, 5.41) is 2.08. The molecule has 0 radical (unpaired) electrons. The van der Waals surface area contributed by atoms with Crippen LogP contribution in [-0.2, 0) is 24.7 Å². The summed E-state index contributed by atoms with van der Waals surface area (Å²) in [7, 11) is -7.32.